The minimum Gasteiger partial charge on any atom is -0.370 e. The molecule has 0 saturated heterocycles. The van der Waals surface area contributed by atoms with Crippen LogP contribution in [0, 0.1) is 5.41 Å². The highest BCUT2D eigenvalue weighted by Crippen LogP contribution is 2.22. The second-order valence-electron chi connectivity index (χ2n) is 4.95. The van der Waals surface area contributed by atoms with Gasteiger partial charge in [-0.3, -0.25) is 20.6 Å². The summed E-state index contributed by atoms with van der Waals surface area (Å²) in [6.45, 7) is 1.85. The summed E-state index contributed by atoms with van der Waals surface area (Å²) in [5, 5.41) is 9.39. The lowest BCUT2D eigenvalue weighted by atomic mass is 10.1. The Morgan fingerprint density at radius 3 is 2.42 bits per heavy atom. The number of nitrogens with zero attached hydrogens (tertiary/aromatic N) is 2. The summed E-state index contributed by atoms with van der Waals surface area (Å²) in [5.74, 6) is -1.01. The molecule has 0 radical (unpaired) electrons. The highest BCUT2D eigenvalue weighted by Gasteiger charge is 2.39. The average Bonchev–Trinajstić information content (AvgIpc) is 2.46. The van der Waals surface area contributed by atoms with Crippen LogP contribution in [0.3, 0.4) is 0 Å². The molecule has 1 rings (SSSR count). The van der Waals surface area contributed by atoms with E-state index in [4.69, 9.17) is 11.1 Å². The number of hydrogen-bond donors (Lipinski definition) is 3. The van der Waals surface area contributed by atoms with Gasteiger partial charge in [-0.05, 0) is 18.4 Å². The molecule has 24 heavy (non-hydrogen) atoms. The fraction of sp³-hybridized carbons (Fsp3) is 0.467. The molecule has 0 spiro atoms. The van der Waals surface area contributed by atoms with Crippen molar-refractivity contribution in [1.29, 1.82) is 5.41 Å². The van der Waals surface area contributed by atoms with Crippen molar-refractivity contribution >= 4 is 24.3 Å². The van der Waals surface area contributed by atoms with Crippen molar-refractivity contribution in [3.63, 3.8) is 0 Å². The van der Waals surface area contributed by atoms with E-state index in [-0.39, 0.29) is 36.8 Å². The summed E-state index contributed by atoms with van der Waals surface area (Å²) >= 11 is 0. The topological polar surface area (TPSA) is 77.5 Å². The summed E-state index contributed by atoms with van der Waals surface area (Å²) < 4.78 is 40.0. The molecule has 0 aliphatic rings. The first kappa shape index (κ1) is 22.0. The second kappa shape index (κ2) is 10.7. The normalized spacial score (nSPS) is 11.6. The molecule has 0 saturated carbocycles. The van der Waals surface area contributed by atoms with Crippen molar-refractivity contribution < 1.29 is 13.2 Å². The van der Waals surface area contributed by atoms with Gasteiger partial charge in [0.1, 0.15) is 0 Å². The van der Waals surface area contributed by atoms with Gasteiger partial charge in [-0.1, -0.05) is 43.7 Å². The Kier molecular flexibility index (Phi) is 9.87. The van der Waals surface area contributed by atoms with Crippen LogP contribution in [0.5, 0.6) is 0 Å². The van der Waals surface area contributed by atoms with Gasteiger partial charge in [0.2, 0.25) is 5.96 Å². The van der Waals surface area contributed by atoms with Crippen LogP contribution in [0.25, 0.3) is 0 Å². The van der Waals surface area contributed by atoms with Gasteiger partial charge in [0.25, 0.3) is 0 Å². The number of nitrogens with one attached hydrogen (secondary N) is 2. The van der Waals surface area contributed by atoms with E-state index < -0.39 is 18.2 Å². The summed E-state index contributed by atoms with van der Waals surface area (Å²) in [6, 6.07) is 8.89. The largest absolute Gasteiger partial charge is 0.487 e. The van der Waals surface area contributed by atoms with Gasteiger partial charge in [0.15, 0.2) is 5.96 Å². The van der Waals surface area contributed by atoms with Gasteiger partial charge in [-0.2, -0.15) is 0 Å². The van der Waals surface area contributed by atoms with Crippen LogP contribution < -0.4 is 11.1 Å². The molecule has 0 amide bonds. The van der Waals surface area contributed by atoms with Gasteiger partial charge < -0.3 is 5.73 Å². The van der Waals surface area contributed by atoms with Crippen molar-refractivity contribution in [3.8, 4) is 0 Å². The molecule has 0 fully saturated rings. The van der Waals surface area contributed by atoms with Crippen LogP contribution in [0.4, 0.5) is 13.2 Å². The number of benzene rings is 1. The van der Waals surface area contributed by atoms with Gasteiger partial charge in [-0.15, -0.1) is 25.6 Å². The molecule has 1 aromatic carbocycles. The molecule has 9 heteroatoms. The molecule has 0 bridgehead atoms. The monoisotopic (exact) mass is 365 g/mol. The van der Waals surface area contributed by atoms with Crippen LogP contribution in [-0.4, -0.2) is 36.2 Å². The molecule has 0 heterocycles. The number of aliphatic imine (C=N–C) groups is 1. The quantitative estimate of drug-likeness (QED) is 0.314. The average molecular weight is 366 g/mol. The van der Waals surface area contributed by atoms with Crippen LogP contribution >= 0.6 is 12.4 Å². The Morgan fingerprint density at radius 2 is 1.92 bits per heavy atom. The van der Waals surface area contributed by atoms with Gasteiger partial charge >= 0.3 is 6.30 Å². The number of hydrogen-bond acceptors (Lipinski definition) is 2. The number of rotatable bonds is 6. The van der Waals surface area contributed by atoms with E-state index in [1.807, 2.05) is 6.92 Å². The zero-order chi connectivity index (χ0) is 17.3. The molecular formula is C15H23ClF3N5. The molecule has 1 aromatic rings. The Bertz CT molecular complexity index is 520. The van der Waals surface area contributed by atoms with E-state index in [0.29, 0.717) is 6.42 Å². The molecule has 0 atom stereocenters. The fourth-order valence-corrected chi connectivity index (χ4v) is 1.89. The molecule has 4 N–H and O–H groups in total. The number of unbranched alkanes of at least 4 members (excludes halogenated alkanes) is 1. The van der Waals surface area contributed by atoms with Crippen LogP contribution in [0.15, 0.2) is 35.3 Å². The van der Waals surface area contributed by atoms with Crippen molar-refractivity contribution in [2.45, 2.75) is 32.5 Å². The lowest BCUT2D eigenvalue weighted by Gasteiger charge is -2.28. The standard InChI is InChI=1S/C15H22F3N5.ClH/c1-2-3-10-21-14(22-13(19)20)23(15(16,17)18)11-9-12-7-5-4-6-8-12;/h4-8H,2-3,9-11H2,1H3,(H4,19,20,21,22);1H. The lowest BCUT2D eigenvalue weighted by Crippen LogP contribution is -2.53. The maximum absolute atomic E-state index is 13.3. The summed E-state index contributed by atoms with van der Waals surface area (Å²) in [7, 11) is 0. The van der Waals surface area contributed by atoms with Crippen molar-refractivity contribution in [3.05, 3.63) is 35.9 Å². The smallest absolute Gasteiger partial charge is 0.370 e. The molecular weight excluding hydrogens is 343 g/mol. The zero-order valence-electron chi connectivity index (χ0n) is 13.4. The first-order chi connectivity index (χ1) is 10.8. The third-order valence-corrected chi connectivity index (χ3v) is 3.05. The predicted octanol–water partition coefficient (Wildman–Crippen LogP) is 3.11. The van der Waals surface area contributed by atoms with E-state index in [2.05, 4.69) is 10.3 Å². The van der Waals surface area contributed by atoms with Gasteiger partial charge in [-0.25, -0.2) is 0 Å². The molecule has 0 aromatic heterocycles. The van der Waals surface area contributed by atoms with Gasteiger partial charge in [0, 0.05) is 13.1 Å². The summed E-state index contributed by atoms with van der Waals surface area (Å²) in [6.07, 6.45) is -2.94. The van der Waals surface area contributed by atoms with E-state index in [0.717, 1.165) is 12.0 Å². The Hall–Kier alpha value is -1.96. The predicted molar refractivity (Wildman–Crippen MR) is 92.4 cm³/mol. The van der Waals surface area contributed by atoms with Crippen molar-refractivity contribution in [2.24, 2.45) is 10.7 Å². The molecule has 5 nitrogen and oxygen atoms in total. The SMILES string of the molecule is CCCCN=C(NC(=N)N)N(CCc1ccccc1)C(F)(F)F.Cl. The number of nitrogens with two attached hydrogens (primary N) is 1. The highest BCUT2D eigenvalue weighted by atomic mass is 35.5. The summed E-state index contributed by atoms with van der Waals surface area (Å²) in [4.78, 5) is 4.11. The van der Waals surface area contributed by atoms with E-state index in [1.165, 1.54) is 0 Å². The third kappa shape index (κ3) is 8.05. The molecule has 0 unspecified atom stereocenters. The van der Waals surface area contributed by atoms with E-state index >= 15 is 0 Å². The third-order valence-electron chi connectivity index (χ3n) is 3.05. The first-order valence-corrected chi connectivity index (χ1v) is 7.38. The van der Waals surface area contributed by atoms with E-state index in [1.54, 1.807) is 30.3 Å². The number of alkyl halides is 3. The second-order valence-corrected chi connectivity index (χ2v) is 4.95. The number of guanidine groups is 2. The summed E-state index contributed by atoms with van der Waals surface area (Å²) in [5.41, 5.74) is 5.97. The lowest BCUT2D eigenvalue weighted by molar-refractivity contribution is -0.218. The van der Waals surface area contributed by atoms with E-state index in [9.17, 15) is 13.2 Å². The zero-order valence-corrected chi connectivity index (χ0v) is 14.3. The first-order valence-electron chi connectivity index (χ1n) is 7.38. The highest BCUT2D eigenvalue weighted by molar-refractivity contribution is 5.96. The van der Waals surface area contributed by atoms with Crippen LogP contribution in [-0.2, 0) is 6.42 Å². The minimum atomic E-state index is -4.61. The molecule has 0 aliphatic heterocycles. The minimum absolute atomic E-state index is 0. The fourth-order valence-electron chi connectivity index (χ4n) is 1.89. The number of halogens is 4. The maximum atomic E-state index is 13.3. The Labute approximate surface area is 146 Å². The van der Waals surface area contributed by atoms with Crippen LogP contribution in [0.1, 0.15) is 25.3 Å². The van der Waals surface area contributed by atoms with Crippen LogP contribution in [0.2, 0.25) is 0 Å². The molecule has 136 valence electrons. The van der Waals surface area contributed by atoms with Crippen molar-refractivity contribution in [1.82, 2.24) is 10.2 Å². The maximum Gasteiger partial charge on any atom is 0.487 e. The Balaban J connectivity index is 0.00000529. The van der Waals surface area contributed by atoms with Crippen molar-refractivity contribution in [2.75, 3.05) is 13.1 Å². The Morgan fingerprint density at radius 1 is 1.29 bits per heavy atom. The molecule has 0 aliphatic carbocycles. The van der Waals surface area contributed by atoms with Gasteiger partial charge in [0.05, 0.1) is 0 Å².